The van der Waals surface area contributed by atoms with Crippen LogP contribution in [0.25, 0.3) is 0 Å². The predicted octanol–water partition coefficient (Wildman–Crippen LogP) is 2.43. The number of rotatable bonds is 7. The molecule has 1 aromatic rings. The smallest absolute Gasteiger partial charge is 0.188 e. The van der Waals surface area contributed by atoms with Crippen LogP contribution in [0, 0.1) is 5.82 Å². The van der Waals surface area contributed by atoms with E-state index >= 15 is 0 Å². The third kappa shape index (κ3) is 5.59. The SMILES string of the molecule is CCCCNC(N)=NCc1ccc(OCC)c(F)c1. The molecule has 0 atom stereocenters. The summed E-state index contributed by atoms with van der Waals surface area (Å²) in [5.74, 6) is 0.291. The van der Waals surface area contributed by atoms with Gasteiger partial charge in [-0.15, -0.1) is 0 Å². The van der Waals surface area contributed by atoms with Gasteiger partial charge < -0.3 is 15.8 Å². The van der Waals surface area contributed by atoms with Crippen molar-refractivity contribution in [2.45, 2.75) is 33.2 Å². The Morgan fingerprint density at radius 2 is 2.21 bits per heavy atom. The van der Waals surface area contributed by atoms with Gasteiger partial charge in [-0.05, 0) is 31.0 Å². The first-order valence-corrected chi connectivity index (χ1v) is 6.62. The Labute approximate surface area is 113 Å². The summed E-state index contributed by atoms with van der Waals surface area (Å²) in [6, 6.07) is 4.83. The minimum atomic E-state index is -0.368. The van der Waals surface area contributed by atoms with Crippen LogP contribution >= 0.6 is 0 Å². The molecule has 0 spiro atoms. The van der Waals surface area contributed by atoms with Crippen LogP contribution in [0.5, 0.6) is 5.75 Å². The summed E-state index contributed by atoms with van der Waals surface area (Å²) in [5.41, 5.74) is 6.46. The number of guanidine groups is 1. The molecule has 106 valence electrons. The van der Waals surface area contributed by atoms with E-state index in [1.165, 1.54) is 6.07 Å². The van der Waals surface area contributed by atoms with E-state index in [9.17, 15) is 4.39 Å². The van der Waals surface area contributed by atoms with Crippen molar-refractivity contribution in [3.63, 3.8) is 0 Å². The van der Waals surface area contributed by atoms with Crippen molar-refractivity contribution < 1.29 is 9.13 Å². The minimum Gasteiger partial charge on any atom is -0.491 e. The Morgan fingerprint density at radius 3 is 2.84 bits per heavy atom. The van der Waals surface area contributed by atoms with Crippen molar-refractivity contribution >= 4 is 5.96 Å². The second kappa shape index (κ2) is 8.34. The summed E-state index contributed by atoms with van der Waals surface area (Å²) >= 11 is 0. The molecule has 0 unspecified atom stereocenters. The Morgan fingerprint density at radius 1 is 1.42 bits per heavy atom. The van der Waals surface area contributed by atoms with Crippen LogP contribution in [0.4, 0.5) is 4.39 Å². The number of benzene rings is 1. The highest BCUT2D eigenvalue weighted by atomic mass is 19.1. The van der Waals surface area contributed by atoms with Gasteiger partial charge in [0, 0.05) is 6.54 Å². The van der Waals surface area contributed by atoms with Crippen molar-refractivity contribution in [3.05, 3.63) is 29.6 Å². The van der Waals surface area contributed by atoms with Gasteiger partial charge in [0.15, 0.2) is 17.5 Å². The van der Waals surface area contributed by atoms with Crippen LogP contribution in [0.3, 0.4) is 0 Å². The maximum Gasteiger partial charge on any atom is 0.188 e. The lowest BCUT2D eigenvalue weighted by Crippen LogP contribution is -2.32. The summed E-state index contributed by atoms with van der Waals surface area (Å²) in [6.45, 7) is 5.54. The van der Waals surface area contributed by atoms with Gasteiger partial charge in [-0.3, -0.25) is 0 Å². The Balaban J connectivity index is 2.53. The van der Waals surface area contributed by atoms with Crippen LogP contribution in [-0.4, -0.2) is 19.1 Å². The van der Waals surface area contributed by atoms with Crippen molar-refractivity contribution in [1.82, 2.24) is 5.32 Å². The molecule has 0 aliphatic heterocycles. The summed E-state index contributed by atoms with van der Waals surface area (Å²) < 4.78 is 18.7. The van der Waals surface area contributed by atoms with Gasteiger partial charge in [-0.25, -0.2) is 9.38 Å². The fourth-order valence-electron chi connectivity index (χ4n) is 1.54. The highest BCUT2D eigenvalue weighted by molar-refractivity contribution is 5.77. The van der Waals surface area contributed by atoms with Crippen LogP contribution < -0.4 is 15.8 Å². The number of halogens is 1. The Bertz CT molecular complexity index is 421. The third-order valence-corrected chi connectivity index (χ3v) is 2.56. The number of nitrogens with one attached hydrogen (secondary N) is 1. The molecule has 0 saturated heterocycles. The van der Waals surface area contributed by atoms with E-state index in [-0.39, 0.29) is 11.6 Å². The van der Waals surface area contributed by atoms with E-state index in [2.05, 4.69) is 17.2 Å². The van der Waals surface area contributed by atoms with Crippen molar-refractivity contribution in [2.24, 2.45) is 10.7 Å². The number of unbranched alkanes of at least 4 members (excludes halogenated alkanes) is 1. The van der Waals surface area contributed by atoms with E-state index in [1.54, 1.807) is 12.1 Å². The molecule has 0 heterocycles. The molecule has 0 bridgehead atoms. The molecule has 3 N–H and O–H groups in total. The van der Waals surface area contributed by atoms with Gasteiger partial charge >= 0.3 is 0 Å². The molecule has 0 radical (unpaired) electrons. The molecule has 5 heteroatoms. The van der Waals surface area contributed by atoms with Crippen LogP contribution in [0.2, 0.25) is 0 Å². The monoisotopic (exact) mass is 267 g/mol. The number of ether oxygens (including phenoxy) is 1. The zero-order valence-electron chi connectivity index (χ0n) is 11.6. The average molecular weight is 267 g/mol. The lowest BCUT2D eigenvalue weighted by molar-refractivity contribution is 0.321. The first kappa shape index (κ1) is 15.3. The summed E-state index contributed by atoms with van der Waals surface area (Å²) in [7, 11) is 0. The first-order chi connectivity index (χ1) is 9.17. The third-order valence-electron chi connectivity index (χ3n) is 2.56. The average Bonchev–Trinajstić information content (AvgIpc) is 2.40. The van der Waals surface area contributed by atoms with Gasteiger partial charge in [-0.1, -0.05) is 19.4 Å². The maximum atomic E-state index is 13.6. The molecule has 0 saturated carbocycles. The quantitative estimate of drug-likeness (QED) is 0.453. The van der Waals surface area contributed by atoms with E-state index in [4.69, 9.17) is 10.5 Å². The number of nitrogens with two attached hydrogens (primary N) is 1. The van der Waals surface area contributed by atoms with Crippen molar-refractivity contribution in [3.8, 4) is 5.75 Å². The molecule has 0 aliphatic carbocycles. The number of nitrogens with zero attached hydrogens (tertiary/aromatic N) is 1. The number of hydrogen-bond donors (Lipinski definition) is 2. The normalized spacial score (nSPS) is 11.4. The van der Waals surface area contributed by atoms with Gasteiger partial charge in [0.25, 0.3) is 0 Å². The van der Waals surface area contributed by atoms with Gasteiger partial charge in [0.2, 0.25) is 0 Å². The minimum absolute atomic E-state index is 0.268. The van der Waals surface area contributed by atoms with Crippen LogP contribution in [0.15, 0.2) is 23.2 Å². The standard InChI is InChI=1S/C14H22FN3O/c1-3-5-8-17-14(16)18-10-11-6-7-13(19-4-2)12(15)9-11/h6-7,9H,3-5,8,10H2,1-2H3,(H3,16,17,18). The number of aliphatic imine (C=N–C) groups is 1. The molecule has 0 amide bonds. The molecular weight excluding hydrogens is 245 g/mol. The second-order valence-corrected chi connectivity index (χ2v) is 4.18. The van der Waals surface area contributed by atoms with Crippen LogP contribution in [-0.2, 0) is 6.54 Å². The predicted molar refractivity (Wildman–Crippen MR) is 75.8 cm³/mol. The van der Waals surface area contributed by atoms with Crippen molar-refractivity contribution in [1.29, 1.82) is 0 Å². The fraction of sp³-hybridized carbons (Fsp3) is 0.500. The van der Waals surface area contributed by atoms with Gasteiger partial charge in [0.1, 0.15) is 0 Å². The molecule has 1 aromatic carbocycles. The summed E-state index contributed by atoms with van der Waals surface area (Å²) in [6.07, 6.45) is 2.15. The van der Waals surface area contributed by atoms with E-state index in [0.29, 0.717) is 19.1 Å². The van der Waals surface area contributed by atoms with E-state index < -0.39 is 0 Å². The van der Waals surface area contributed by atoms with Crippen molar-refractivity contribution in [2.75, 3.05) is 13.2 Å². The van der Waals surface area contributed by atoms with Gasteiger partial charge in [0.05, 0.1) is 13.2 Å². The van der Waals surface area contributed by atoms with Crippen LogP contribution in [0.1, 0.15) is 32.3 Å². The molecule has 1 rings (SSSR count). The van der Waals surface area contributed by atoms with E-state index in [0.717, 1.165) is 24.9 Å². The summed E-state index contributed by atoms with van der Waals surface area (Å²) in [5, 5.41) is 3.01. The lowest BCUT2D eigenvalue weighted by Gasteiger charge is -2.07. The maximum absolute atomic E-state index is 13.6. The highest BCUT2D eigenvalue weighted by Crippen LogP contribution is 2.18. The lowest BCUT2D eigenvalue weighted by atomic mass is 10.2. The molecular formula is C14H22FN3O. The second-order valence-electron chi connectivity index (χ2n) is 4.18. The first-order valence-electron chi connectivity index (χ1n) is 6.62. The topological polar surface area (TPSA) is 59.6 Å². The van der Waals surface area contributed by atoms with Gasteiger partial charge in [-0.2, -0.15) is 0 Å². The zero-order valence-corrected chi connectivity index (χ0v) is 11.6. The number of hydrogen-bond acceptors (Lipinski definition) is 2. The molecule has 0 fully saturated rings. The Hall–Kier alpha value is -1.78. The highest BCUT2D eigenvalue weighted by Gasteiger charge is 2.03. The molecule has 4 nitrogen and oxygen atoms in total. The zero-order chi connectivity index (χ0) is 14.1. The summed E-state index contributed by atoms with van der Waals surface area (Å²) in [4.78, 5) is 4.16. The molecule has 19 heavy (non-hydrogen) atoms. The Kier molecular flexibility index (Phi) is 6.71. The fourth-order valence-corrected chi connectivity index (χ4v) is 1.54. The molecule has 0 aromatic heterocycles. The van der Waals surface area contributed by atoms with E-state index in [1.807, 2.05) is 6.92 Å². The molecule has 0 aliphatic rings. The largest absolute Gasteiger partial charge is 0.491 e.